The SMILES string of the molecule is CCC(CC)C(CN)Nc1ccc(Cl)c(Br)c1. The van der Waals surface area contributed by atoms with E-state index in [1.807, 2.05) is 18.2 Å². The molecular formula is C13H20BrClN2. The molecule has 0 bridgehead atoms. The van der Waals surface area contributed by atoms with Gasteiger partial charge in [-0.1, -0.05) is 38.3 Å². The van der Waals surface area contributed by atoms with E-state index in [1.165, 1.54) is 0 Å². The molecule has 96 valence electrons. The largest absolute Gasteiger partial charge is 0.381 e. The molecule has 0 aromatic heterocycles. The van der Waals surface area contributed by atoms with Crippen molar-refractivity contribution in [2.45, 2.75) is 32.7 Å². The summed E-state index contributed by atoms with van der Waals surface area (Å²) in [5.74, 6) is 0.606. The van der Waals surface area contributed by atoms with E-state index in [9.17, 15) is 0 Å². The Bertz CT molecular complexity index is 353. The molecule has 0 saturated heterocycles. The fourth-order valence-corrected chi connectivity index (χ4v) is 2.52. The van der Waals surface area contributed by atoms with E-state index in [-0.39, 0.29) is 0 Å². The second-order valence-corrected chi connectivity index (χ2v) is 5.45. The maximum Gasteiger partial charge on any atom is 0.0549 e. The number of rotatable bonds is 6. The molecule has 1 aromatic rings. The third-order valence-electron chi connectivity index (χ3n) is 3.14. The first-order chi connectivity index (χ1) is 8.12. The summed E-state index contributed by atoms with van der Waals surface area (Å²) in [7, 11) is 0. The number of nitrogens with one attached hydrogen (secondary N) is 1. The van der Waals surface area contributed by atoms with E-state index in [2.05, 4.69) is 35.1 Å². The molecule has 3 N–H and O–H groups in total. The van der Waals surface area contributed by atoms with E-state index in [4.69, 9.17) is 17.3 Å². The van der Waals surface area contributed by atoms with Crippen LogP contribution in [0.5, 0.6) is 0 Å². The minimum absolute atomic E-state index is 0.318. The summed E-state index contributed by atoms with van der Waals surface area (Å²) in [4.78, 5) is 0. The molecule has 0 saturated carbocycles. The van der Waals surface area contributed by atoms with Crippen molar-refractivity contribution in [1.29, 1.82) is 0 Å². The fraction of sp³-hybridized carbons (Fsp3) is 0.538. The van der Waals surface area contributed by atoms with Crippen LogP contribution >= 0.6 is 27.5 Å². The van der Waals surface area contributed by atoms with Gasteiger partial charge < -0.3 is 11.1 Å². The van der Waals surface area contributed by atoms with Gasteiger partial charge in [-0.15, -0.1) is 0 Å². The van der Waals surface area contributed by atoms with Crippen LogP contribution in [0.3, 0.4) is 0 Å². The zero-order valence-corrected chi connectivity index (χ0v) is 12.7. The molecule has 0 radical (unpaired) electrons. The van der Waals surface area contributed by atoms with Crippen molar-refractivity contribution in [3.8, 4) is 0 Å². The fourth-order valence-electron chi connectivity index (χ4n) is 2.03. The molecular weight excluding hydrogens is 300 g/mol. The molecule has 2 nitrogen and oxygen atoms in total. The van der Waals surface area contributed by atoms with Gasteiger partial charge >= 0.3 is 0 Å². The van der Waals surface area contributed by atoms with Crippen LogP contribution in [-0.2, 0) is 0 Å². The zero-order chi connectivity index (χ0) is 12.8. The molecule has 0 heterocycles. The molecule has 1 rings (SSSR count). The number of anilines is 1. The number of benzene rings is 1. The van der Waals surface area contributed by atoms with Crippen LogP contribution in [0.2, 0.25) is 5.02 Å². The maximum absolute atomic E-state index is 5.97. The lowest BCUT2D eigenvalue weighted by molar-refractivity contribution is 0.422. The predicted octanol–water partition coefficient (Wildman–Crippen LogP) is 4.28. The Labute approximate surface area is 117 Å². The van der Waals surface area contributed by atoms with Gasteiger partial charge in [0.2, 0.25) is 0 Å². The molecule has 0 aliphatic heterocycles. The van der Waals surface area contributed by atoms with Gasteiger partial charge in [0.25, 0.3) is 0 Å². The van der Waals surface area contributed by atoms with E-state index in [0.717, 1.165) is 28.0 Å². The zero-order valence-electron chi connectivity index (χ0n) is 10.3. The van der Waals surface area contributed by atoms with Crippen LogP contribution < -0.4 is 11.1 Å². The first kappa shape index (κ1) is 14.8. The topological polar surface area (TPSA) is 38.0 Å². The van der Waals surface area contributed by atoms with Gasteiger partial charge in [-0.25, -0.2) is 0 Å². The third-order valence-corrected chi connectivity index (χ3v) is 4.36. The lowest BCUT2D eigenvalue weighted by atomic mass is 9.94. The van der Waals surface area contributed by atoms with Crippen LogP contribution in [0.4, 0.5) is 5.69 Å². The van der Waals surface area contributed by atoms with Crippen molar-refractivity contribution in [2.24, 2.45) is 11.7 Å². The minimum atomic E-state index is 0.318. The Hall–Kier alpha value is -0.250. The lowest BCUT2D eigenvalue weighted by Gasteiger charge is -2.26. The van der Waals surface area contributed by atoms with Crippen LogP contribution in [0.1, 0.15) is 26.7 Å². The van der Waals surface area contributed by atoms with E-state index >= 15 is 0 Å². The van der Waals surface area contributed by atoms with Crippen LogP contribution in [0.15, 0.2) is 22.7 Å². The first-order valence-electron chi connectivity index (χ1n) is 6.04. The molecule has 0 fully saturated rings. The predicted molar refractivity (Wildman–Crippen MR) is 79.7 cm³/mol. The Morgan fingerprint density at radius 2 is 2.00 bits per heavy atom. The van der Waals surface area contributed by atoms with Crippen molar-refractivity contribution in [3.63, 3.8) is 0 Å². The smallest absolute Gasteiger partial charge is 0.0549 e. The van der Waals surface area contributed by atoms with Gasteiger partial charge in [0.1, 0.15) is 0 Å². The first-order valence-corrected chi connectivity index (χ1v) is 7.21. The molecule has 0 amide bonds. The van der Waals surface area contributed by atoms with Crippen molar-refractivity contribution < 1.29 is 0 Å². The number of hydrogen-bond acceptors (Lipinski definition) is 2. The summed E-state index contributed by atoms with van der Waals surface area (Å²) in [5, 5.41) is 4.21. The molecule has 0 aliphatic rings. The monoisotopic (exact) mass is 318 g/mol. The normalized spacial score (nSPS) is 12.8. The number of nitrogens with two attached hydrogens (primary N) is 1. The number of hydrogen-bond donors (Lipinski definition) is 2. The van der Waals surface area contributed by atoms with Gasteiger partial charge in [0.15, 0.2) is 0 Å². The quantitative estimate of drug-likeness (QED) is 0.821. The van der Waals surface area contributed by atoms with E-state index < -0.39 is 0 Å². The van der Waals surface area contributed by atoms with Crippen LogP contribution in [0.25, 0.3) is 0 Å². The van der Waals surface area contributed by atoms with Crippen LogP contribution in [0, 0.1) is 5.92 Å². The van der Waals surface area contributed by atoms with E-state index in [1.54, 1.807) is 0 Å². The maximum atomic E-state index is 5.97. The Kier molecular flexibility index (Phi) is 6.31. The molecule has 0 aliphatic carbocycles. The van der Waals surface area contributed by atoms with Gasteiger partial charge in [-0.2, -0.15) is 0 Å². The van der Waals surface area contributed by atoms with Crippen molar-refractivity contribution in [2.75, 3.05) is 11.9 Å². The summed E-state index contributed by atoms with van der Waals surface area (Å²) in [6.07, 6.45) is 2.28. The van der Waals surface area contributed by atoms with Gasteiger partial charge in [-0.3, -0.25) is 0 Å². The molecule has 1 aromatic carbocycles. The molecule has 0 spiro atoms. The van der Waals surface area contributed by atoms with Gasteiger partial charge in [0.05, 0.1) is 5.02 Å². The molecule has 1 unspecified atom stereocenters. The highest BCUT2D eigenvalue weighted by Crippen LogP contribution is 2.27. The summed E-state index contributed by atoms with van der Waals surface area (Å²) < 4.78 is 0.907. The summed E-state index contributed by atoms with van der Waals surface area (Å²) >= 11 is 9.39. The van der Waals surface area contributed by atoms with Crippen LogP contribution in [-0.4, -0.2) is 12.6 Å². The summed E-state index contributed by atoms with van der Waals surface area (Å²) in [5.41, 5.74) is 6.90. The highest BCUT2D eigenvalue weighted by Gasteiger charge is 2.16. The summed E-state index contributed by atoms with van der Waals surface area (Å²) in [6, 6.07) is 6.18. The Morgan fingerprint density at radius 1 is 1.35 bits per heavy atom. The summed E-state index contributed by atoms with van der Waals surface area (Å²) in [6.45, 7) is 5.05. The average Bonchev–Trinajstić information content (AvgIpc) is 2.33. The van der Waals surface area contributed by atoms with Crippen molar-refractivity contribution in [3.05, 3.63) is 27.7 Å². The Morgan fingerprint density at radius 3 is 2.47 bits per heavy atom. The highest BCUT2D eigenvalue weighted by atomic mass is 79.9. The number of halogens is 2. The second-order valence-electron chi connectivity index (χ2n) is 4.19. The molecule has 1 atom stereocenters. The second kappa shape index (κ2) is 7.24. The van der Waals surface area contributed by atoms with Crippen molar-refractivity contribution in [1.82, 2.24) is 0 Å². The van der Waals surface area contributed by atoms with Crippen molar-refractivity contribution >= 4 is 33.2 Å². The average molecular weight is 320 g/mol. The third kappa shape index (κ3) is 4.16. The Balaban J connectivity index is 2.76. The minimum Gasteiger partial charge on any atom is -0.381 e. The highest BCUT2D eigenvalue weighted by molar-refractivity contribution is 9.10. The standard InChI is InChI=1S/C13H20BrClN2/c1-3-9(4-2)13(8-16)17-10-5-6-12(15)11(14)7-10/h5-7,9,13,17H,3-4,8,16H2,1-2H3. The van der Waals surface area contributed by atoms with Gasteiger partial charge in [0, 0.05) is 22.7 Å². The molecule has 4 heteroatoms. The van der Waals surface area contributed by atoms with E-state index in [0.29, 0.717) is 18.5 Å². The van der Waals surface area contributed by atoms with Gasteiger partial charge in [-0.05, 0) is 40.0 Å². The molecule has 17 heavy (non-hydrogen) atoms. The lowest BCUT2D eigenvalue weighted by Crippen LogP contribution is -2.35.